The van der Waals surface area contributed by atoms with Gasteiger partial charge >= 0.3 is 6.61 Å². The Balaban J connectivity index is 2.84. The van der Waals surface area contributed by atoms with Crippen LogP contribution < -0.4 is 10.5 Å². The molecule has 0 fully saturated rings. The minimum Gasteiger partial charge on any atom is -0.435 e. The van der Waals surface area contributed by atoms with Crippen molar-refractivity contribution in [2.75, 3.05) is 6.54 Å². The van der Waals surface area contributed by atoms with Gasteiger partial charge in [0.15, 0.2) is 0 Å². The Kier molecular flexibility index (Phi) is 3.59. The number of halogens is 2. The Morgan fingerprint density at radius 1 is 1.50 bits per heavy atom. The van der Waals surface area contributed by atoms with Crippen LogP contribution in [0, 0.1) is 0 Å². The Bertz CT molecular complexity index is 326. The van der Waals surface area contributed by atoms with Crippen molar-refractivity contribution >= 4 is 5.57 Å². The van der Waals surface area contributed by atoms with Crippen molar-refractivity contribution in [2.45, 2.75) is 6.61 Å². The zero-order valence-corrected chi connectivity index (χ0v) is 7.54. The van der Waals surface area contributed by atoms with Gasteiger partial charge < -0.3 is 10.5 Å². The third-order valence-corrected chi connectivity index (χ3v) is 1.71. The first kappa shape index (κ1) is 10.7. The van der Waals surface area contributed by atoms with Gasteiger partial charge in [0.1, 0.15) is 5.75 Å². The summed E-state index contributed by atoms with van der Waals surface area (Å²) < 4.78 is 28.0. The first-order valence-electron chi connectivity index (χ1n) is 4.06. The number of rotatable bonds is 4. The molecule has 0 aliphatic rings. The van der Waals surface area contributed by atoms with E-state index in [1.165, 1.54) is 12.1 Å². The van der Waals surface area contributed by atoms with Crippen LogP contribution in [0.2, 0.25) is 0 Å². The van der Waals surface area contributed by atoms with Crippen molar-refractivity contribution in [1.82, 2.24) is 0 Å². The molecule has 2 N–H and O–H groups in total. The zero-order valence-electron chi connectivity index (χ0n) is 7.54. The molecule has 0 atom stereocenters. The van der Waals surface area contributed by atoms with E-state index in [-0.39, 0.29) is 12.3 Å². The summed E-state index contributed by atoms with van der Waals surface area (Å²) in [5.74, 6) is 0.118. The maximum absolute atomic E-state index is 11.9. The molecule has 0 saturated carbocycles. The maximum Gasteiger partial charge on any atom is 0.387 e. The van der Waals surface area contributed by atoms with Crippen LogP contribution in [0.4, 0.5) is 8.78 Å². The molecule has 14 heavy (non-hydrogen) atoms. The first-order valence-corrected chi connectivity index (χ1v) is 4.06. The molecule has 0 aliphatic heterocycles. The molecule has 0 bridgehead atoms. The highest BCUT2D eigenvalue weighted by atomic mass is 19.3. The molecule has 1 rings (SSSR count). The van der Waals surface area contributed by atoms with Crippen LogP contribution in [0.25, 0.3) is 5.57 Å². The van der Waals surface area contributed by atoms with Gasteiger partial charge in [0, 0.05) is 6.54 Å². The molecule has 0 amide bonds. The summed E-state index contributed by atoms with van der Waals surface area (Å²) >= 11 is 0. The first-order chi connectivity index (χ1) is 6.63. The predicted octanol–water partition coefficient (Wildman–Crippen LogP) is 2.26. The van der Waals surface area contributed by atoms with Crippen LogP contribution in [0.15, 0.2) is 30.8 Å². The van der Waals surface area contributed by atoms with E-state index in [9.17, 15) is 8.78 Å². The number of hydrogen-bond acceptors (Lipinski definition) is 2. The summed E-state index contributed by atoms with van der Waals surface area (Å²) in [6.07, 6.45) is 0. The average molecular weight is 199 g/mol. The Labute approximate surface area is 81.0 Å². The molecule has 0 unspecified atom stereocenters. The van der Waals surface area contributed by atoms with Crippen LogP contribution in [-0.4, -0.2) is 13.2 Å². The highest BCUT2D eigenvalue weighted by Crippen LogP contribution is 2.19. The van der Waals surface area contributed by atoms with Crippen LogP contribution >= 0.6 is 0 Å². The fourth-order valence-corrected chi connectivity index (χ4v) is 1.01. The lowest BCUT2D eigenvalue weighted by molar-refractivity contribution is -0.0498. The Morgan fingerprint density at radius 2 is 2.21 bits per heavy atom. The molecule has 0 aromatic heterocycles. The Hall–Kier alpha value is -1.42. The van der Waals surface area contributed by atoms with Crippen molar-refractivity contribution < 1.29 is 13.5 Å². The summed E-state index contributed by atoms with van der Waals surface area (Å²) in [5, 5.41) is 0. The summed E-state index contributed by atoms with van der Waals surface area (Å²) in [6.45, 7) is 1.18. The second kappa shape index (κ2) is 4.72. The van der Waals surface area contributed by atoms with Crippen molar-refractivity contribution in [3.05, 3.63) is 36.4 Å². The SMILES string of the molecule is C=C(CN)c1cccc(OC(F)F)c1. The highest BCUT2D eigenvalue weighted by Gasteiger charge is 2.05. The minimum absolute atomic E-state index is 0.118. The quantitative estimate of drug-likeness (QED) is 0.807. The molecule has 4 heteroatoms. The van der Waals surface area contributed by atoms with E-state index in [1.54, 1.807) is 12.1 Å². The van der Waals surface area contributed by atoms with Gasteiger partial charge in [-0.1, -0.05) is 18.7 Å². The predicted molar refractivity (Wildman–Crippen MR) is 51.2 cm³/mol. The van der Waals surface area contributed by atoms with Crippen LogP contribution in [-0.2, 0) is 0 Å². The molecule has 0 aliphatic carbocycles. The van der Waals surface area contributed by atoms with Gasteiger partial charge in [-0.25, -0.2) is 0 Å². The number of nitrogens with two attached hydrogens (primary N) is 1. The van der Waals surface area contributed by atoms with Crippen LogP contribution in [0.1, 0.15) is 5.56 Å². The smallest absolute Gasteiger partial charge is 0.387 e. The average Bonchev–Trinajstić information content (AvgIpc) is 2.16. The van der Waals surface area contributed by atoms with E-state index in [0.717, 1.165) is 0 Å². The third-order valence-electron chi connectivity index (χ3n) is 1.71. The van der Waals surface area contributed by atoms with E-state index in [4.69, 9.17) is 5.73 Å². The molecular formula is C10H11F2NO. The highest BCUT2D eigenvalue weighted by molar-refractivity contribution is 5.65. The van der Waals surface area contributed by atoms with Gasteiger partial charge in [0.2, 0.25) is 0 Å². The van der Waals surface area contributed by atoms with E-state index in [0.29, 0.717) is 11.1 Å². The van der Waals surface area contributed by atoms with Crippen LogP contribution in [0.3, 0.4) is 0 Å². The number of ether oxygens (including phenoxy) is 1. The van der Waals surface area contributed by atoms with Gasteiger partial charge in [-0.3, -0.25) is 0 Å². The standard InChI is InChI=1S/C10H11F2NO/c1-7(6-13)8-3-2-4-9(5-8)14-10(11)12/h2-5,10H,1,6,13H2. The molecule has 0 saturated heterocycles. The second-order valence-electron chi connectivity index (χ2n) is 2.71. The van der Waals surface area contributed by atoms with Gasteiger partial charge in [0.25, 0.3) is 0 Å². The van der Waals surface area contributed by atoms with Crippen molar-refractivity contribution in [3.63, 3.8) is 0 Å². The van der Waals surface area contributed by atoms with Gasteiger partial charge in [-0.05, 0) is 23.3 Å². The van der Waals surface area contributed by atoms with Gasteiger partial charge in [0.05, 0.1) is 0 Å². The fourth-order valence-electron chi connectivity index (χ4n) is 1.01. The molecular weight excluding hydrogens is 188 g/mol. The fraction of sp³-hybridized carbons (Fsp3) is 0.200. The van der Waals surface area contributed by atoms with E-state index >= 15 is 0 Å². The summed E-state index contributed by atoms with van der Waals surface area (Å²) in [4.78, 5) is 0. The molecule has 1 aromatic carbocycles. The van der Waals surface area contributed by atoms with Crippen molar-refractivity contribution in [1.29, 1.82) is 0 Å². The summed E-state index contributed by atoms with van der Waals surface area (Å²) in [6, 6.07) is 6.31. The molecule has 0 radical (unpaired) electrons. The second-order valence-corrected chi connectivity index (χ2v) is 2.71. The van der Waals surface area contributed by atoms with Gasteiger partial charge in [-0.15, -0.1) is 0 Å². The summed E-state index contributed by atoms with van der Waals surface area (Å²) in [7, 11) is 0. The normalized spacial score (nSPS) is 10.3. The molecule has 2 nitrogen and oxygen atoms in total. The maximum atomic E-state index is 11.9. The zero-order chi connectivity index (χ0) is 10.6. The largest absolute Gasteiger partial charge is 0.435 e. The van der Waals surface area contributed by atoms with Gasteiger partial charge in [-0.2, -0.15) is 8.78 Å². The monoisotopic (exact) mass is 199 g/mol. The molecule has 1 aromatic rings. The lowest BCUT2D eigenvalue weighted by atomic mass is 10.1. The lowest BCUT2D eigenvalue weighted by Crippen LogP contribution is -2.04. The van der Waals surface area contributed by atoms with E-state index in [2.05, 4.69) is 11.3 Å². The van der Waals surface area contributed by atoms with E-state index < -0.39 is 6.61 Å². The van der Waals surface area contributed by atoms with Crippen LogP contribution in [0.5, 0.6) is 5.75 Å². The lowest BCUT2D eigenvalue weighted by Gasteiger charge is -2.07. The minimum atomic E-state index is -2.81. The number of hydrogen-bond donors (Lipinski definition) is 1. The topological polar surface area (TPSA) is 35.2 Å². The van der Waals surface area contributed by atoms with Crippen molar-refractivity contribution in [3.8, 4) is 5.75 Å². The molecule has 0 spiro atoms. The Morgan fingerprint density at radius 3 is 2.79 bits per heavy atom. The number of benzene rings is 1. The summed E-state index contributed by atoms with van der Waals surface area (Å²) in [5.41, 5.74) is 6.77. The van der Waals surface area contributed by atoms with Crippen molar-refractivity contribution in [2.24, 2.45) is 5.73 Å². The molecule has 76 valence electrons. The molecule has 0 heterocycles. The van der Waals surface area contributed by atoms with E-state index in [1.807, 2.05) is 0 Å². The number of alkyl halides is 2. The third kappa shape index (κ3) is 2.81.